The summed E-state index contributed by atoms with van der Waals surface area (Å²) in [7, 11) is 1.57. The van der Waals surface area contributed by atoms with E-state index < -0.39 is 0 Å². The number of nitrogens with one attached hydrogen (secondary N) is 2. The van der Waals surface area contributed by atoms with E-state index >= 15 is 0 Å². The molecule has 0 aromatic heterocycles. The van der Waals surface area contributed by atoms with Crippen LogP contribution in [0.4, 0.5) is 17.1 Å². The van der Waals surface area contributed by atoms with Crippen molar-refractivity contribution in [2.24, 2.45) is 0 Å². The Balaban J connectivity index is 1.68. The SMILES string of the molecule is CCOc1cc(C(=O)Nc2ccc(Nc3ccccc3)cc2)ccc1OC. The third kappa shape index (κ3) is 4.79. The molecule has 0 atom stereocenters. The van der Waals surface area contributed by atoms with Gasteiger partial charge in [0, 0.05) is 22.6 Å². The molecule has 0 aliphatic carbocycles. The van der Waals surface area contributed by atoms with Crippen LogP contribution in [-0.2, 0) is 0 Å². The Hall–Kier alpha value is -3.47. The van der Waals surface area contributed by atoms with Crippen LogP contribution in [0.1, 0.15) is 17.3 Å². The molecule has 0 saturated heterocycles. The second kappa shape index (κ2) is 8.76. The molecule has 3 aromatic rings. The number of benzene rings is 3. The van der Waals surface area contributed by atoms with Gasteiger partial charge in [0.15, 0.2) is 11.5 Å². The maximum Gasteiger partial charge on any atom is 0.255 e. The average Bonchev–Trinajstić information content (AvgIpc) is 2.70. The first-order chi connectivity index (χ1) is 13.2. The number of anilines is 3. The Labute approximate surface area is 158 Å². The minimum absolute atomic E-state index is 0.206. The molecule has 0 radical (unpaired) electrons. The van der Waals surface area contributed by atoms with Crippen molar-refractivity contribution in [3.05, 3.63) is 78.4 Å². The van der Waals surface area contributed by atoms with Gasteiger partial charge in [-0.2, -0.15) is 0 Å². The van der Waals surface area contributed by atoms with Gasteiger partial charge in [-0.25, -0.2) is 0 Å². The van der Waals surface area contributed by atoms with Gasteiger partial charge in [-0.15, -0.1) is 0 Å². The number of hydrogen-bond donors (Lipinski definition) is 2. The Morgan fingerprint density at radius 2 is 1.52 bits per heavy atom. The molecular weight excluding hydrogens is 340 g/mol. The topological polar surface area (TPSA) is 59.6 Å². The molecule has 27 heavy (non-hydrogen) atoms. The third-order valence-electron chi connectivity index (χ3n) is 3.93. The highest BCUT2D eigenvalue weighted by Crippen LogP contribution is 2.28. The van der Waals surface area contributed by atoms with Crippen molar-refractivity contribution < 1.29 is 14.3 Å². The van der Waals surface area contributed by atoms with Crippen LogP contribution in [0.25, 0.3) is 0 Å². The minimum atomic E-state index is -0.206. The Morgan fingerprint density at radius 1 is 0.852 bits per heavy atom. The molecule has 3 rings (SSSR count). The molecule has 2 N–H and O–H groups in total. The van der Waals surface area contributed by atoms with Crippen LogP contribution in [0.15, 0.2) is 72.8 Å². The number of hydrogen-bond acceptors (Lipinski definition) is 4. The summed E-state index contributed by atoms with van der Waals surface area (Å²) in [6.45, 7) is 2.38. The first-order valence-electron chi connectivity index (χ1n) is 8.74. The van der Waals surface area contributed by atoms with Gasteiger partial charge in [0.05, 0.1) is 13.7 Å². The second-order valence-electron chi connectivity index (χ2n) is 5.82. The van der Waals surface area contributed by atoms with Gasteiger partial charge in [0.2, 0.25) is 0 Å². The highest BCUT2D eigenvalue weighted by molar-refractivity contribution is 6.04. The van der Waals surface area contributed by atoms with E-state index in [4.69, 9.17) is 9.47 Å². The van der Waals surface area contributed by atoms with Crippen molar-refractivity contribution >= 4 is 23.0 Å². The van der Waals surface area contributed by atoms with Crippen molar-refractivity contribution in [2.75, 3.05) is 24.4 Å². The van der Waals surface area contributed by atoms with Gasteiger partial charge in [0.25, 0.3) is 5.91 Å². The quantitative estimate of drug-likeness (QED) is 0.615. The summed E-state index contributed by atoms with van der Waals surface area (Å²) < 4.78 is 10.8. The predicted molar refractivity (Wildman–Crippen MR) is 108 cm³/mol. The molecule has 0 aliphatic rings. The van der Waals surface area contributed by atoms with Crippen molar-refractivity contribution in [2.45, 2.75) is 6.92 Å². The lowest BCUT2D eigenvalue weighted by molar-refractivity contribution is 0.102. The van der Waals surface area contributed by atoms with Crippen LogP contribution >= 0.6 is 0 Å². The lowest BCUT2D eigenvalue weighted by Gasteiger charge is -2.12. The van der Waals surface area contributed by atoms with E-state index in [1.807, 2.05) is 61.5 Å². The monoisotopic (exact) mass is 362 g/mol. The molecule has 5 nitrogen and oxygen atoms in total. The standard InChI is InChI=1S/C22H22N2O3/c1-3-27-21-15-16(9-14-20(21)26-2)22(25)24-19-12-10-18(11-13-19)23-17-7-5-4-6-8-17/h4-15,23H,3H2,1-2H3,(H,24,25). The molecule has 3 aromatic carbocycles. The molecule has 0 spiro atoms. The summed E-state index contributed by atoms with van der Waals surface area (Å²) in [5, 5.41) is 6.20. The summed E-state index contributed by atoms with van der Waals surface area (Å²) in [4.78, 5) is 12.5. The largest absolute Gasteiger partial charge is 0.493 e. The van der Waals surface area contributed by atoms with E-state index in [1.54, 1.807) is 25.3 Å². The Kier molecular flexibility index (Phi) is 5.94. The number of carbonyl (C=O) groups excluding carboxylic acids is 1. The van der Waals surface area contributed by atoms with Crippen molar-refractivity contribution in [3.8, 4) is 11.5 Å². The van der Waals surface area contributed by atoms with Gasteiger partial charge >= 0.3 is 0 Å². The summed E-state index contributed by atoms with van der Waals surface area (Å²) in [6.07, 6.45) is 0. The fourth-order valence-electron chi connectivity index (χ4n) is 2.61. The van der Waals surface area contributed by atoms with Crippen LogP contribution in [0.5, 0.6) is 11.5 Å². The van der Waals surface area contributed by atoms with Gasteiger partial charge in [-0.1, -0.05) is 18.2 Å². The Morgan fingerprint density at radius 3 is 2.19 bits per heavy atom. The third-order valence-corrected chi connectivity index (χ3v) is 3.93. The number of amides is 1. The van der Waals surface area contributed by atoms with Crippen molar-refractivity contribution in [1.29, 1.82) is 0 Å². The molecule has 0 unspecified atom stereocenters. The second-order valence-corrected chi connectivity index (χ2v) is 5.82. The molecule has 0 heterocycles. The fourth-order valence-corrected chi connectivity index (χ4v) is 2.61. The van der Waals surface area contributed by atoms with E-state index in [0.29, 0.717) is 29.4 Å². The molecular formula is C22H22N2O3. The summed E-state index contributed by atoms with van der Waals surface area (Å²) in [5.74, 6) is 0.946. The lowest BCUT2D eigenvalue weighted by atomic mass is 10.1. The average molecular weight is 362 g/mol. The zero-order valence-corrected chi connectivity index (χ0v) is 15.4. The maximum atomic E-state index is 12.5. The summed E-state index contributed by atoms with van der Waals surface area (Å²) in [5.41, 5.74) is 3.18. The predicted octanol–water partition coefficient (Wildman–Crippen LogP) is 5.09. The van der Waals surface area contributed by atoms with E-state index in [0.717, 1.165) is 11.4 Å². The number of carbonyl (C=O) groups is 1. The van der Waals surface area contributed by atoms with Crippen LogP contribution in [0, 0.1) is 0 Å². The number of ether oxygens (including phenoxy) is 2. The van der Waals surface area contributed by atoms with Gasteiger partial charge in [-0.3, -0.25) is 4.79 Å². The normalized spacial score (nSPS) is 10.1. The zero-order valence-electron chi connectivity index (χ0n) is 15.4. The fraction of sp³-hybridized carbons (Fsp3) is 0.136. The van der Waals surface area contributed by atoms with Crippen LogP contribution in [0.2, 0.25) is 0 Å². The molecule has 0 aliphatic heterocycles. The highest BCUT2D eigenvalue weighted by atomic mass is 16.5. The molecule has 138 valence electrons. The molecule has 0 bridgehead atoms. The van der Waals surface area contributed by atoms with Crippen LogP contribution < -0.4 is 20.1 Å². The smallest absolute Gasteiger partial charge is 0.255 e. The molecule has 0 fully saturated rings. The molecule has 0 saturated carbocycles. The Bertz CT molecular complexity index is 893. The maximum absolute atomic E-state index is 12.5. The number of rotatable bonds is 7. The van der Waals surface area contributed by atoms with Gasteiger partial charge in [-0.05, 0) is 61.5 Å². The minimum Gasteiger partial charge on any atom is -0.493 e. The highest BCUT2D eigenvalue weighted by Gasteiger charge is 2.11. The van der Waals surface area contributed by atoms with Crippen molar-refractivity contribution in [1.82, 2.24) is 0 Å². The van der Waals surface area contributed by atoms with E-state index in [1.165, 1.54) is 0 Å². The number of para-hydroxylation sites is 1. The first kappa shape index (κ1) is 18.3. The lowest BCUT2D eigenvalue weighted by Crippen LogP contribution is -2.12. The van der Waals surface area contributed by atoms with Gasteiger partial charge < -0.3 is 20.1 Å². The summed E-state index contributed by atoms with van der Waals surface area (Å²) in [6, 6.07) is 22.6. The zero-order chi connectivity index (χ0) is 19.1. The van der Waals surface area contributed by atoms with E-state index in [-0.39, 0.29) is 5.91 Å². The van der Waals surface area contributed by atoms with Gasteiger partial charge in [0.1, 0.15) is 0 Å². The van der Waals surface area contributed by atoms with E-state index in [2.05, 4.69) is 10.6 Å². The molecule has 5 heteroatoms. The molecule has 1 amide bonds. The van der Waals surface area contributed by atoms with E-state index in [9.17, 15) is 4.79 Å². The summed E-state index contributed by atoms with van der Waals surface area (Å²) >= 11 is 0. The number of methoxy groups -OCH3 is 1. The first-order valence-corrected chi connectivity index (χ1v) is 8.74. The van der Waals surface area contributed by atoms with Crippen LogP contribution in [0.3, 0.4) is 0 Å². The van der Waals surface area contributed by atoms with Crippen LogP contribution in [-0.4, -0.2) is 19.6 Å². The van der Waals surface area contributed by atoms with Crippen molar-refractivity contribution in [3.63, 3.8) is 0 Å².